The minimum absolute atomic E-state index is 0.202. The Labute approximate surface area is 124 Å². The number of esters is 1. The van der Waals surface area contributed by atoms with E-state index in [0.29, 0.717) is 5.56 Å². The van der Waals surface area contributed by atoms with Crippen LogP contribution in [0.2, 0.25) is 0 Å². The summed E-state index contributed by atoms with van der Waals surface area (Å²) < 4.78 is 32.4. The quantitative estimate of drug-likeness (QED) is 0.579. The lowest BCUT2D eigenvalue weighted by Gasteiger charge is -2.28. The molecule has 1 aromatic carbocycles. The SMILES string of the molecule is CCC[C@H]1CC[C@H](c2cc(F)c(OC(C)=O)c(F)c2)CC1. The highest BCUT2D eigenvalue weighted by Gasteiger charge is 2.24. The van der Waals surface area contributed by atoms with E-state index in [1.54, 1.807) is 0 Å². The maximum Gasteiger partial charge on any atom is 0.308 e. The van der Waals surface area contributed by atoms with Crippen LogP contribution < -0.4 is 4.74 Å². The Hall–Kier alpha value is -1.45. The standard InChI is InChI=1S/C17H22F2O2/c1-3-4-12-5-7-13(8-6-12)14-9-15(18)17(16(19)10-14)21-11(2)20/h9-10,12-13H,3-8H2,1-2H3/t12-,13-. The number of rotatable bonds is 4. The number of ether oxygens (including phenoxy) is 1. The van der Waals surface area contributed by atoms with Crippen molar-refractivity contribution in [1.29, 1.82) is 0 Å². The van der Waals surface area contributed by atoms with Crippen molar-refractivity contribution in [2.45, 2.75) is 58.3 Å². The molecule has 0 saturated heterocycles. The summed E-state index contributed by atoms with van der Waals surface area (Å²) in [6.07, 6.45) is 6.60. The van der Waals surface area contributed by atoms with Crippen LogP contribution in [0.3, 0.4) is 0 Å². The number of hydrogen-bond donors (Lipinski definition) is 0. The predicted octanol–water partition coefficient (Wildman–Crippen LogP) is 4.96. The van der Waals surface area contributed by atoms with Crippen LogP contribution in [-0.4, -0.2) is 5.97 Å². The lowest BCUT2D eigenvalue weighted by atomic mass is 9.77. The van der Waals surface area contributed by atoms with E-state index in [0.717, 1.165) is 38.5 Å². The van der Waals surface area contributed by atoms with E-state index in [1.165, 1.54) is 25.0 Å². The van der Waals surface area contributed by atoms with Gasteiger partial charge in [-0.2, -0.15) is 0 Å². The van der Waals surface area contributed by atoms with Crippen molar-refractivity contribution in [3.05, 3.63) is 29.3 Å². The van der Waals surface area contributed by atoms with E-state index in [9.17, 15) is 13.6 Å². The third kappa shape index (κ3) is 4.02. The topological polar surface area (TPSA) is 26.3 Å². The van der Waals surface area contributed by atoms with Gasteiger partial charge in [0.15, 0.2) is 11.6 Å². The van der Waals surface area contributed by atoms with Crippen LogP contribution in [0.5, 0.6) is 5.75 Å². The van der Waals surface area contributed by atoms with Crippen LogP contribution in [0.1, 0.15) is 63.9 Å². The molecule has 116 valence electrons. The minimum atomic E-state index is -0.795. The fourth-order valence-electron chi connectivity index (χ4n) is 3.25. The maximum absolute atomic E-state index is 13.9. The van der Waals surface area contributed by atoms with E-state index in [-0.39, 0.29) is 5.92 Å². The zero-order valence-electron chi connectivity index (χ0n) is 12.6. The molecule has 1 saturated carbocycles. The lowest BCUT2D eigenvalue weighted by Crippen LogP contribution is -2.14. The van der Waals surface area contributed by atoms with Crippen LogP contribution in [0.15, 0.2) is 12.1 Å². The molecule has 4 heteroatoms. The van der Waals surface area contributed by atoms with E-state index in [4.69, 9.17) is 0 Å². The second kappa shape index (κ2) is 7.01. The van der Waals surface area contributed by atoms with Gasteiger partial charge in [-0.15, -0.1) is 0 Å². The van der Waals surface area contributed by atoms with Crippen molar-refractivity contribution in [3.63, 3.8) is 0 Å². The molecule has 1 aliphatic rings. The van der Waals surface area contributed by atoms with Crippen LogP contribution >= 0.6 is 0 Å². The van der Waals surface area contributed by atoms with Crippen molar-refractivity contribution in [3.8, 4) is 5.75 Å². The van der Waals surface area contributed by atoms with Gasteiger partial charge < -0.3 is 4.74 Å². The zero-order valence-corrected chi connectivity index (χ0v) is 12.6. The normalized spacial score (nSPS) is 22.1. The first kappa shape index (κ1) is 15.9. The van der Waals surface area contributed by atoms with Gasteiger partial charge in [-0.3, -0.25) is 4.79 Å². The van der Waals surface area contributed by atoms with Gasteiger partial charge >= 0.3 is 5.97 Å². The molecule has 0 heterocycles. The van der Waals surface area contributed by atoms with Gasteiger partial charge in [-0.1, -0.05) is 19.8 Å². The average molecular weight is 296 g/mol. The van der Waals surface area contributed by atoms with E-state index in [2.05, 4.69) is 11.7 Å². The van der Waals surface area contributed by atoms with Gasteiger partial charge in [0.1, 0.15) is 0 Å². The molecule has 21 heavy (non-hydrogen) atoms. The first-order chi connectivity index (χ1) is 10.0. The second-order valence-corrected chi connectivity index (χ2v) is 5.91. The van der Waals surface area contributed by atoms with Crippen LogP contribution in [-0.2, 0) is 4.79 Å². The molecule has 1 aromatic rings. The number of carbonyl (C=O) groups is 1. The molecule has 0 radical (unpaired) electrons. The van der Waals surface area contributed by atoms with E-state index < -0.39 is 23.4 Å². The van der Waals surface area contributed by atoms with Gasteiger partial charge in [0.2, 0.25) is 5.75 Å². The van der Waals surface area contributed by atoms with Gasteiger partial charge in [-0.05, 0) is 55.2 Å². The Morgan fingerprint density at radius 2 is 1.76 bits per heavy atom. The molecule has 0 N–H and O–H groups in total. The van der Waals surface area contributed by atoms with Crippen molar-refractivity contribution in [2.75, 3.05) is 0 Å². The monoisotopic (exact) mass is 296 g/mol. The third-order valence-corrected chi connectivity index (χ3v) is 4.28. The van der Waals surface area contributed by atoms with Crippen LogP contribution in [0.4, 0.5) is 8.78 Å². The Kier molecular flexibility index (Phi) is 5.32. The molecule has 1 aliphatic carbocycles. The van der Waals surface area contributed by atoms with Gasteiger partial charge in [0, 0.05) is 6.92 Å². The lowest BCUT2D eigenvalue weighted by molar-refractivity contribution is -0.132. The molecule has 0 unspecified atom stereocenters. The molecule has 2 rings (SSSR count). The Morgan fingerprint density at radius 1 is 1.19 bits per heavy atom. The molecular formula is C17H22F2O2. The summed E-state index contributed by atoms with van der Waals surface area (Å²) in [4.78, 5) is 10.8. The third-order valence-electron chi connectivity index (χ3n) is 4.28. The van der Waals surface area contributed by atoms with Gasteiger partial charge in [0.05, 0.1) is 0 Å². The predicted molar refractivity (Wildman–Crippen MR) is 77.3 cm³/mol. The first-order valence-electron chi connectivity index (χ1n) is 7.68. The van der Waals surface area contributed by atoms with E-state index >= 15 is 0 Å². The highest BCUT2D eigenvalue weighted by Crippen LogP contribution is 2.39. The highest BCUT2D eigenvalue weighted by atomic mass is 19.1. The summed E-state index contributed by atoms with van der Waals surface area (Å²) in [6.45, 7) is 3.31. The Morgan fingerprint density at radius 3 is 2.24 bits per heavy atom. The second-order valence-electron chi connectivity index (χ2n) is 5.91. The summed E-state index contributed by atoms with van der Waals surface area (Å²) >= 11 is 0. The molecule has 0 bridgehead atoms. The maximum atomic E-state index is 13.9. The molecule has 1 fully saturated rings. The van der Waals surface area contributed by atoms with Gasteiger partial charge in [0.25, 0.3) is 0 Å². The van der Waals surface area contributed by atoms with Crippen LogP contribution in [0, 0.1) is 17.6 Å². The number of carbonyl (C=O) groups excluding carboxylic acids is 1. The van der Waals surface area contributed by atoms with Crippen molar-refractivity contribution in [2.24, 2.45) is 5.92 Å². The number of hydrogen-bond acceptors (Lipinski definition) is 2. The molecule has 0 amide bonds. The van der Waals surface area contributed by atoms with E-state index in [1.807, 2.05) is 0 Å². The molecule has 0 spiro atoms. The van der Waals surface area contributed by atoms with Crippen LogP contribution in [0.25, 0.3) is 0 Å². The molecule has 2 nitrogen and oxygen atoms in total. The Bertz CT molecular complexity index is 483. The summed E-state index contributed by atoms with van der Waals surface area (Å²) in [6, 6.07) is 2.62. The molecular weight excluding hydrogens is 274 g/mol. The molecule has 0 atom stereocenters. The fraction of sp³-hybridized carbons (Fsp3) is 0.588. The van der Waals surface area contributed by atoms with Gasteiger partial charge in [-0.25, -0.2) is 8.78 Å². The summed E-state index contributed by atoms with van der Waals surface area (Å²) in [7, 11) is 0. The summed E-state index contributed by atoms with van der Waals surface area (Å²) in [5.41, 5.74) is 0.677. The highest BCUT2D eigenvalue weighted by molar-refractivity contribution is 5.69. The minimum Gasteiger partial charge on any atom is -0.420 e. The number of halogens is 2. The largest absolute Gasteiger partial charge is 0.420 e. The smallest absolute Gasteiger partial charge is 0.308 e. The summed E-state index contributed by atoms with van der Waals surface area (Å²) in [5, 5.41) is 0. The number of benzene rings is 1. The van der Waals surface area contributed by atoms with Crippen molar-refractivity contribution < 1.29 is 18.3 Å². The fourth-order valence-corrected chi connectivity index (χ4v) is 3.25. The summed E-state index contributed by atoms with van der Waals surface area (Å²) in [5.74, 6) is -1.95. The van der Waals surface area contributed by atoms with Crippen molar-refractivity contribution >= 4 is 5.97 Å². The zero-order chi connectivity index (χ0) is 15.4. The van der Waals surface area contributed by atoms with Crippen molar-refractivity contribution in [1.82, 2.24) is 0 Å². The first-order valence-corrected chi connectivity index (χ1v) is 7.68. The molecule has 0 aliphatic heterocycles. The Balaban J connectivity index is 2.10. The molecule has 0 aromatic heterocycles. The average Bonchev–Trinajstić information content (AvgIpc) is 2.43.